The van der Waals surface area contributed by atoms with Gasteiger partial charge in [-0.2, -0.15) is 0 Å². The van der Waals surface area contributed by atoms with Crippen LogP contribution in [0.4, 0.5) is 0 Å². The van der Waals surface area contributed by atoms with Crippen LogP contribution in [0.15, 0.2) is 46.9 Å². The largest absolute Gasteiger partial charge is 0.493 e. The highest BCUT2D eigenvalue weighted by atomic mass is 16.5. The summed E-state index contributed by atoms with van der Waals surface area (Å²) in [5.41, 5.74) is 6.41. The van der Waals surface area contributed by atoms with Crippen molar-refractivity contribution in [3.8, 4) is 11.5 Å². The second-order valence-electron chi connectivity index (χ2n) is 6.17. The van der Waals surface area contributed by atoms with Crippen molar-refractivity contribution < 1.29 is 23.5 Å². The van der Waals surface area contributed by atoms with Crippen LogP contribution in [-0.2, 0) is 0 Å². The quantitative estimate of drug-likeness (QED) is 0.636. The molecule has 0 aliphatic carbocycles. The van der Waals surface area contributed by atoms with Crippen LogP contribution >= 0.6 is 0 Å². The van der Waals surface area contributed by atoms with Crippen molar-refractivity contribution in [1.82, 2.24) is 10.9 Å². The van der Waals surface area contributed by atoms with Crippen LogP contribution < -0.4 is 20.3 Å². The minimum absolute atomic E-state index is 0.155. The van der Waals surface area contributed by atoms with Gasteiger partial charge in [-0.05, 0) is 37.6 Å². The van der Waals surface area contributed by atoms with Crippen LogP contribution in [0.3, 0.4) is 0 Å². The average molecular weight is 382 g/mol. The molecule has 0 spiro atoms. The summed E-state index contributed by atoms with van der Waals surface area (Å²) in [7, 11) is 1.50. The number of rotatable bonds is 6. The van der Waals surface area contributed by atoms with Crippen LogP contribution in [0, 0.1) is 6.92 Å². The summed E-state index contributed by atoms with van der Waals surface area (Å²) in [6.45, 7) is 4.35. The number of carbonyl (C=O) groups is 2. The van der Waals surface area contributed by atoms with Crippen molar-refractivity contribution in [3.05, 3.63) is 59.4 Å². The zero-order valence-corrected chi connectivity index (χ0v) is 16.0. The molecule has 0 saturated carbocycles. The number of nitrogens with one attached hydrogen (secondary N) is 2. The number of amides is 2. The maximum atomic E-state index is 12.4. The molecule has 28 heavy (non-hydrogen) atoms. The summed E-state index contributed by atoms with van der Waals surface area (Å²) in [6, 6.07) is 12.2. The molecule has 3 aromatic rings. The Bertz CT molecular complexity index is 1010. The number of para-hydroxylation sites is 1. The molecule has 146 valence electrons. The van der Waals surface area contributed by atoms with E-state index in [-0.39, 0.29) is 5.76 Å². The maximum Gasteiger partial charge on any atom is 0.305 e. The van der Waals surface area contributed by atoms with Gasteiger partial charge in [-0.3, -0.25) is 20.4 Å². The van der Waals surface area contributed by atoms with Crippen molar-refractivity contribution in [3.63, 3.8) is 0 Å². The van der Waals surface area contributed by atoms with E-state index in [1.807, 2.05) is 25.1 Å². The van der Waals surface area contributed by atoms with Gasteiger partial charge in [0.2, 0.25) is 0 Å². The summed E-state index contributed by atoms with van der Waals surface area (Å²) in [5, 5.41) is 0.853. The molecular formula is C21H22N2O5. The van der Waals surface area contributed by atoms with Gasteiger partial charge < -0.3 is 13.9 Å². The lowest BCUT2D eigenvalue weighted by Crippen LogP contribution is -2.41. The molecule has 1 aromatic heterocycles. The lowest BCUT2D eigenvalue weighted by Gasteiger charge is -2.12. The molecule has 7 nitrogen and oxygen atoms in total. The first-order valence-electron chi connectivity index (χ1n) is 8.94. The molecule has 0 bridgehead atoms. The number of benzene rings is 2. The summed E-state index contributed by atoms with van der Waals surface area (Å²) in [4.78, 5) is 24.8. The lowest BCUT2D eigenvalue weighted by atomic mass is 10.1. The molecule has 0 fully saturated rings. The molecule has 2 N–H and O–H groups in total. The van der Waals surface area contributed by atoms with Gasteiger partial charge in [0.15, 0.2) is 17.3 Å². The molecule has 0 aliphatic rings. The first-order valence-corrected chi connectivity index (χ1v) is 8.94. The minimum Gasteiger partial charge on any atom is -0.493 e. The molecule has 0 aliphatic heterocycles. The Morgan fingerprint density at radius 2 is 1.79 bits per heavy atom. The van der Waals surface area contributed by atoms with Gasteiger partial charge in [0.1, 0.15) is 5.58 Å². The van der Waals surface area contributed by atoms with Crippen molar-refractivity contribution in [1.29, 1.82) is 0 Å². The first kappa shape index (κ1) is 19.3. The average Bonchev–Trinajstić information content (AvgIpc) is 3.07. The fourth-order valence-electron chi connectivity index (χ4n) is 2.77. The Morgan fingerprint density at radius 3 is 2.50 bits per heavy atom. The van der Waals surface area contributed by atoms with Crippen LogP contribution in [0.25, 0.3) is 11.0 Å². The Morgan fingerprint density at radius 1 is 1.04 bits per heavy atom. The minimum atomic E-state index is -0.531. The van der Waals surface area contributed by atoms with Crippen LogP contribution in [0.1, 0.15) is 39.8 Å². The number of aryl methyl sites for hydroxylation is 1. The SMILES string of the molecule is CCCOc1ccc(C(=O)NNC(=O)c2oc3ccccc3c2C)cc1OC. The number of hydrogen-bond donors (Lipinski definition) is 2. The smallest absolute Gasteiger partial charge is 0.305 e. The van der Waals surface area contributed by atoms with Gasteiger partial charge in [-0.15, -0.1) is 0 Å². The summed E-state index contributed by atoms with van der Waals surface area (Å²) in [6.07, 6.45) is 0.860. The zero-order valence-electron chi connectivity index (χ0n) is 16.0. The van der Waals surface area contributed by atoms with E-state index in [4.69, 9.17) is 13.9 Å². The Balaban J connectivity index is 1.69. The fraction of sp³-hybridized carbons (Fsp3) is 0.238. The van der Waals surface area contributed by atoms with E-state index in [0.717, 1.165) is 11.8 Å². The van der Waals surface area contributed by atoms with Crippen molar-refractivity contribution >= 4 is 22.8 Å². The van der Waals surface area contributed by atoms with E-state index in [0.29, 0.717) is 34.8 Å². The van der Waals surface area contributed by atoms with Crippen molar-refractivity contribution in [2.45, 2.75) is 20.3 Å². The number of furan rings is 1. The highest BCUT2D eigenvalue weighted by molar-refractivity contribution is 6.01. The normalized spacial score (nSPS) is 10.5. The van der Waals surface area contributed by atoms with E-state index in [9.17, 15) is 9.59 Å². The van der Waals surface area contributed by atoms with Gasteiger partial charge in [-0.1, -0.05) is 25.1 Å². The summed E-state index contributed by atoms with van der Waals surface area (Å²) in [5.74, 6) is 0.144. The number of carbonyl (C=O) groups excluding carboxylic acids is 2. The van der Waals surface area contributed by atoms with Gasteiger partial charge in [0.25, 0.3) is 5.91 Å². The molecule has 0 radical (unpaired) electrons. The number of hydrogen-bond acceptors (Lipinski definition) is 5. The number of fused-ring (bicyclic) bond motifs is 1. The second-order valence-corrected chi connectivity index (χ2v) is 6.17. The Kier molecular flexibility index (Phi) is 5.84. The van der Waals surface area contributed by atoms with E-state index in [2.05, 4.69) is 10.9 Å². The summed E-state index contributed by atoms with van der Waals surface area (Å²) < 4.78 is 16.4. The predicted molar refractivity (Wildman–Crippen MR) is 105 cm³/mol. The van der Waals surface area contributed by atoms with Crippen molar-refractivity contribution in [2.75, 3.05) is 13.7 Å². The molecule has 7 heteroatoms. The molecule has 2 amide bonds. The maximum absolute atomic E-state index is 12.4. The van der Waals surface area contributed by atoms with Crippen molar-refractivity contribution in [2.24, 2.45) is 0 Å². The second kappa shape index (κ2) is 8.47. The van der Waals surface area contributed by atoms with Crippen LogP contribution in [0.2, 0.25) is 0 Å². The van der Waals surface area contributed by atoms with Gasteiger partial charge in [0, 0.05) is 16.5 Å². The highest BCUT2D eigenvalue weighted by Crippen LogP contribution is 2.28. The predicted octanol–water partition coefficient (Wildman–Crippen LogP) is 3.61. The monoisotopic (exact) mass is 382 g/mol. The Hall–Kier alpha value is -3.48. The molecule has 1 heterocycles. The molecular weight excluding hydrogens is 360 g/mol. The fourth-order valence-corrected chi connectivity index (χ4v) is 2.77. The third-order valence-corrected chi connectivity index (χ3v) is 4.23. The summed E-state index contributed by atoms with van der Waals surface area (Å²) >= 11 is 0. The third-order valence-electron chi connectivity index (χ3n) is 4.23. The van der Waals surface area contributed by atoms with Gasteiger partial charge >= 0.3 is 5.91 Å². The topological polar surface area (TPSA) is 89.8 Å². The van der Waals surface area contributed by atoms with E-state index in [1.165, 1.54) is 7.11 Å². The Labute approximate surface area is 162 Å². The molecule has 2 aromatic carbocycles. The number of hydrazine groups is 1. The van der Waals surface area contributed by atoms with Gasteiger partial charge in [0.05, 0.1) is 13.7 Å². The van der Waals surface area contributed by atoms with E-state index < -0.39 is 11.8 Å². The molecule has 3 rings (SSSR count). The lowest BCUT2D eigenvalue weighted by molar-refractivity contribution is 0.0831. The van der Waals surface area contributed by atoms with E-state index >= 15 is 0 Å². The van der Waals surface area contributed by atoms with Crippen LogP contribution in [-0.4, -0.2) is 25.5 Å². The zero-order chi connectivity index (χ0) is 20.1. The highest BCUT2D eigenvalue weighted by Gasteiger charge is 2.18. The third kappa shape index (κ3) is 3.93. The van der Waals surface area contributed by atoms with Crippen LogP contribution in [0.5, 0.6) is 11.5 Å². The van der Waals surface area contributed by atoms with Gasteiger partial charge in [-0.25, -0.2) is 0 Å². The molecule has 0 unspecified atom stereocenters. The number of ether oxygens (including phenoxy) is 2. The molecule has 0 atom stereocenters. The standard InChI is InChI=1S/C21H22N2O5/c1-4-11-27-17-10-9-14(12-18(17)26-3)20(24)22-23-21(25)19-13(2)15-7-5-6-8-16(15)28-19/h5-10,12H,4,11H2,1-3H3,(H,22,24)(H,23,25). The molecule has 0 saturated heterocycles. The first-order chi connectivity index (χ1) is 13.5. The number of methoxy groups -OCH3 is 1. The van der Waals surface area contributed by atoms with E-state index in [1.54, 1.807) is 31.2 Å².